The van der Waals surface area contributed by atoms with Crippen LogP contribution in [0.4, 0.5) is 0 Å². The lowest BCUT2D eigenvalue weighted by Crippen LogP contribution is -2.47. The van der Waals surface area contributed by atoms with Crippen LogP contribution < -0.4 is 15.6 Å². The van der Waals surface area contributed by atoms with Crippen molar-refractivity contribution in [3.8, 4) is 5.75 Å². The van der Waals surface area contributed by atoms with Gasteiger partial charge in [0.2, 0.25) is 0 Å². The van der Waals surface area contributed by atoms with Crippen LogP contribution in [0.25, 0.3) is 10.1 Å². The van der Waals surface area contributed by atoms with Crippen molar-refractivity contribution in [2.75, 3.05) is 0 Å². The molecule has 7 heteroatoms. The number of hydrogen-bond acceptors (Lipinski definition) is 4. The third kappa shape index (κ3) is 4.40. The van der Waals surface area contributed by atoms with Gasteiger partial charge in [-0.2, -0.15) is 0 Å². The predicted molar refractivity (Wildman–Crippen MR) is 108 cm³/mol. The fraction of sp³-hybridized carbons (Fsp3) is 0.200. The van der Waals surface area contributed by atoms with Crippen LogP contribution in [0.5, 0.6) is 5.75 Å². The maximum atomic E-state index is 12.4. The minimum atomic E-state index is -0.718. The Morgan fingerprint density at radius 2 is 1.93 bits per heavy atom. The van der Waals surface area contributed by atoms with Crippen LogP contribution >= 0.6 is 22.9 Å². The Labute approximate surface area is 166 Å². The number of aryl methyl sites for hydroxylation is 1. The van der Waals surface area contributed by atoms with E-state index in [0.29, 0.717) is 22.1 Å². The van der Waals surface area contributed by atoms with Gasteiger partial charge >= 0.3 is 0 Å². The number of hydrogen-bond donors (Lipinski definition) is 2. The van der Waals surface area contributed by atoms with Gasteiger partial charge in [-0.3, -0.25) is 20.4 Å². The van der Waals surface area contributed by atoms with Gasteiger partial charge in [-0.05, 0) is 37.1 Å². The van der Waals surface area contributed by atoms with Crippen LogP contribution in [0, 0.1) is 6.92 Å². The van der Waals surface area contributed by atoms with E-state index in [4.69, 9.17) is 16.3 Å². The highest BCUT2D eigenvalue weighted by atomic mass is 35.5. The second-order valence-corrected chi connectivity index (χ2v) is 7.45. The largest absolute Gasteiger partial charge is 0.481 e. The van der Waals surface area contributed by atoms with Gasteiger partial charge < -0.3 is 4.74 Å². The standard InChI is InChI=1S/C20H19ClN2O3S/c1-3-15(26-13-8-6-7-12(2)11-13)19(24)22-23-20(25)18-17(21)14-9-4-5-10-16(14)27-18/h4-11,15H,3H2,1-2H3,(H,22,24)(H,23,25). The molecule has 2 amide bonds. The van der Waals surface area contributed by atoms with Crippen molar-refractivity contribution in [3.63, 3.8) is 0 Å². The Balaban J connectivity index is 1.64. The molecular formula is C20H19ClN2O3S. The molecule has 0 aliphatic rings. The van der Waals surface area contributed by atoms with Gasteiger partial charge in [0.25, 0.3) is 11.8 Å². The first kappa shape index (κ1) is 19.2. The summed E-state index contributed by atoms with van der Waals surface area (Å²) in [6, 6.07) is 14.9. The van der Waals surface area contributed by atoms with Crippen molar-refractivity contribution >= 4 is 44.8 Å². The van der Waals surface area contributed by atoms with E-state index < -0.39 is 17.9 Å². The van der Waals surface area contributed by atoms with Crippen LogP contribution in [0.15, 0.2) is 48.5 Å². The highest BCUT2D eigenvalue weighted by Crippen LogP contribution is 2.34. The molecule has 0 aliphatic heterocycles. The highest BCUT2D eigenvalue weighted by molar-refractivity contribution is 7.21. The Morgan fingerprint density at radius 1 is 1.15 bits per heavy atom. The molecule has 0 spiro atoms. The van der Waals surface area contributed by atoms with Gasteiger partial charge in [-0.15, -0.1) is 11.3 Å². The van der Waals surface area contributed by atoms with Crippen LogP contribution in [-0.4, -0.2) is 17.9 Å². The van der Waals surface area contributed by atoms with Crippen LogP contribution in [0.3, 0.4) is 0 Å². The highest BCUT2D eigenvalue weighted by Gasteiger charge is 2.21. The first-order valence-electron chi connectivity index (χ1n) is 8.50. The van der Waals surface area contributed by atoms with Gasteiger partial charge in [0.15, 0.2) is 6.10 Å². The molecule has 1 unspecified atom stereocenters. The second kappa shape index (κ2) is 8.41. The van der Waals surface area contributed by atoms with Gasteiger partial charge in [0.1, 0.15) is 10.6 Å². The maximum Gasteiger partial charge on any atom is 0.281 e. The summed E-state index contributed by atoms with van der Waals surface area (Å²) in [6.07, 6.45) is -0.260. The van der Waals surface area contributed by atoms with Crippen molar-refractivity contribution in [1.82, 2.24) is 10.9 Å². The summed E-state index contributed by atoms with van der Waals surface area (Å²) in [4.78, 5) is 25.1. The third-order valence-electron chi connectivity index (χ3n) is 3.97. The lowest BCUT2D eigenvalue weighted by atomic mass is 10.2. The number of halogens is 1. The van der Waals surface area contributed by atoms with E-state index in [1.165, 1.54) is 11.3 Å². The molecule has 1 aromatic heterocycles. The van der Waals surface area contributed by atoms with Crippen molar-refractivity contribution in [1.29, 1.82) is 0 Å². The number of amides is 2. The molecular weight excluding hydrogens is 384 g/mol. The first-order valence-corrected chi connectivity index (χ1v) is 9.69. The molecule has 3 aromatic rings. The molecule has 2 N–H and O–H groups in total. The summed E-state index contributed by atoms with van der Waals surface area (Å²) in [5.74, 6) is -0.277. The van der Waals surface area contributed by atoms with Crippen molar-refractivity contribution < 1.29 is 14.3 Å². The molecule has 27 heavy (non-hydrogen) atoms. The average molecular weight is 403 g/mol. The van der Waals surface area contributed by atoms with E-state index in [2.05, 4.69) is 10.9 Å². The summed E-state index contributed by atoms with van der Waals surface area (Å²) < 4.78 is 6.64. The maximum absolute atomic E-state index is 12.4. The SMILES string of the molecule is CCC(Oc1cccc(C)c1)C(=O)NNC(=O)c1sc2ccccc2c1Cl. The molecule has 5 nitrogen and oxygen atoms in total. The first-order chi connectivity index (χ1) is 13.0. The number of ether oxygens (including phenoxy) is 1. The van der Waals surface area contributed by atoms with Gasteiger partial charge in [0, 0.05) is 10.1 Å². The number of fused-ring (bicyclic) bond motifs is 1. The lowest BCUT2D eigenvalue weighted by molar-refractivity contribution is -0.128. The smallest absolute Gasteiger partial charge is 0.281 e. The molecule has 140 valence electrons. The summed E-state index contributed by atoms with van der Waals surface area (Å²) in [5.41, 5.74) is 5.88. The van der Waals surface area contributed by atoms with Crippen molar-refractivity contribution in [3.05, 3.63) is 64.0 Å². The van der Waals surface area contributed by atoms with E-state index >= 15 is 0 Å². The number of nitrogens with one attached hydrogen (secondary N) is 2. The summed E-state index contributed by atoms with van der Waals surface area (Å²) in [7, 11) is 0. The Kier molecular flexibility index (Phi) is 5.98. The number of hydrazine groups is 1. The molecule has 1 atom stereocenters. The molecule has 0 radical (unpaired) electrons. The summed E-state index contributed by atoms with van der Waals surface area (Å²) in [6.45, 7) is 3.79. The average Bonchev–Trinajstić information content (AvgIpc) is 3.01. The van der Waals surface area contributed by atoms with Gasteiger partial charge in [-0.1, -0.05) is 48.9 Å². The van der Waals surface area contributed by atoms with E-state index in [1.807, 2.05) is 56.3 Å². The Bertz CT molecular complexity index is 986. The van der Waals surface area contributed by atoms with Gasteiger partial charge in [0.05, 0.1) is 5.02 Å². The van der Waals surface area contributed by atoms with Crippen LogP contribution in [0.1, 0.15) is 28.6 Å². The third-order valence-corrected chi connectivity index (χ3v) is 5.65. The molecule has 0 saturated heterocycles. The minimum absolute atomic E-state index is 0.353. The monoisotopic (exact) mass is 402 g/mol. The number of benzene rings is 2. The fourth-order valence-corrected chi connectivity index (χ4v) is 4.00. The number of carbonyl (C=O) groups is 2. The number of thiophene rings is 1. The van der Waals surface area contributed by atoms with Gasteiger partial charge in [-0.25, -0.2) is 0 Å². The predicted octanol–water partition coefficient (Wildman–Crippen LogP) is 4.48. The molecule has 0 bridgehead atoms. The van der Waals surface area contributed by atoms with Crippen LogP contribution in [0.2, 0.25) is 5.02 Å². The molecule has 0 aliphatic carbocycles. The normalized spacial score (nSPS) is 11.8. The summed E-state index contributed by atoms with van der Waals surface area (Å²) >= 11 is 7.57. The fourth-order valence-electron chi connectivity index (χ4n) is 2.59. The van der Waals surface area contributed by atoms with E-state index in [1.54, 1.807) is 6.07 Å². The summed E-state index contributed by atoms with van der Waals surface area (Å²) in [5, 5.41) is 1.19. The number of rotatable bonds is 5. The van der Waals surface area contributed by atoms with Crippen molar-refractivity contribution in [2.45, 2.75) is 26.4 Å². The molecule has 2 aromatic carbocycles. The number of carbonyl (C=O) groups excluding carboxylic acids is 2. The minimum Gasteiger partial charge on any atom is -0.481 e. The topological polar surface area (TPSA) is 67.4 Å². The second-order valence-electron chi connectivity index (χ2n) is 6.02. The zero-order valence-corrected chi connectivity index (χ0v) is 16.5. The van der Waals surface area contributed by atoms with E-state index in [-0.39, 0.29) is 0 Å². The molecule has 0 fully saturated rings. The molecule has 1 heterocycles. The molecule has 3 rings (SSSR count). The molecule has 0 saturated carbocycles. The quantitative estimate of drug-likeness (QED) is 0.618. The zero-order chi connectivity index (χ0) is 19.4. The Morgan fingerprint density at radius 3 is 2.63 bits per heavy atom. The Hall–Kier alpha value is -2.57. The van der Waals surface area contributed by atoms with E-state index in [0.717, 1.165) is 15.6 Å². The lowest BCUT2D eigenvalue weighted by Gasteiger charge is -2.17. The van der Waals surface area contributed by atoms with E-state index in [9.17, 15) is 9.59 Å². The zero-order valence-electron chi connectivity index (χ0n) is 14.9. The van der Waals surface area contributed by atoms with Crippen molar-refractivity contribution in [2.24, 2.45) is 0 Å². The van der Waals surface area contributed by atoms with Crippen LogP contribution in [-0.2, 0) is 4.79 Å².